The molecule has 3 rings (SSSR count). The maximum Gasteiger partial charge on any atom is 0.235 e. The Hall–Kier alpha value is -1.95. The number of fused-ring (bicyclic) bond motifs is 1. The fourth-order valence-corrected chi connectivity index (χ4v) is 2.88. The van der Waals surface area contributed by atoms with Gasteiger partial charge in [-0.15, -0.1) is 10.2 Å². The first kappa shape index (κ1) is 13.1. The van der Waals surface area contributed by atoms with Gasteiger partial charge in [-0.2, -0.15) is 9.61 Å². The van der Waals surface area contributed by atoms with Crippen molar-refractivity contribution in [3.63, 3.8) is 0 Å². The molecule has 0 spiro atoms. The average Bonchev–Trinajstić information content (AvgIpc) is 2.96. The molecular weight excluding hydrogens is 272 g/mol. The number of aromatic nitrogens is 4. The van der Waals surface area contributed by atoms with Crippen LogP contribution in [0.25, 0.3) is 15.5 Å². The minimum Gasteiger partial charge on any atom is -0.496 e. The predicted octanol–water partition coefficient (Wildman–Crippen LogP) is 3.16. The Labute approximate surface area is 121 Å². The SMILES string of the molecule is COc1ccccc1-c1nn2c(C(C)(C)C)nnc2s1. The Morgan fingerprint density at radius 2 is 1.90 bits per heavy atom. The molecule has 0 aliphatic carbocycles. The molecule has 0 saturated carbocycles. The lowest BCUT2D eigenvalue weighted by Crippen LogP contribution is -2.16. The van der Waals surface area contributed by atoms with E-state index in [4.69, 9.17) is 4.74 Å². The molecule has 0 saturated heterocycles. The molecule has 6 heteroatoms. The van der Waals surface area contributed by atoms with Crippen molar-refractivity contribution in [1.82, 2.24) is 19.8 Å². The number of hydrogen-bond acceptors (Lipinski definition) is 5. The second-order valence-electron chi connectivity index (χ2n) is 5.58. The highest BCUT2D eigenvalue weighted by molar-refractivity contribution is 7.19. The lowest BCUT2D eigenvalue weighted by molar-refractivity contribution is 0.416. The summed E-state index contributed by atoms with van der Waals surface area (Å²) < 4.78 is 7.22. The zero-order chi connectivity index (χ0) is 14.3. The Morgan fingerprint density at radius 1 is 1.15 bits per heavy atom. The zero-order valence-electron chi connectivity index (χ0n) is 11.9. The Kier molecular flexibility index (Phi) is 2.97. The van der Waals surface area contributed by atoms with Crippen molar-refractivity contribution in [2.24, 2.45) is 0 Å². The number of nitrogens with zero attached hydrogens (tertiary/aromatic N) is 4. The standard InChI is InChI=1S/C14H16N4OS/c1-14(2,3)12-15-16-13-18(12)17-11(20-13)9-7-5-6-8-10(9)19-4/h5-8H,1-4H3. The summed E-state index contributed by atoms with van der Waals surface area (Å²) in [5.74, 6) is 1.68. The van der Waals surface area contributed by atoms with E-state index in [1.54, 1.807) is 7.11 Å². The van der Waals surface area contributed by atoms with Crippen LogP contribution >= 0.6 is 11.3 Å². The Morgan fingerprint density at radius 3 is 2.60 bits per heavy atom. The van der Waals surface area contributed by atoms with Crippen LogP contribution in [-0.4, -0.2) is 26.9 Å². The smallest absolute Gasteiger partial charge is 0.235 e. The summed E-state index contributed by atoms with van der Waals surface area (Å²) >= 11 is 1.52. The molecule has 104 valence electrons. The van der Waals surface area contributed by atoms with Gasteiger partial charge in [0.15, 0.2) is 10.8 Å². The van der Waals surface area contributed by atoms with E-state index < -0.39 is 0 Å². The highest BCUT2D eigenvalue weighted by Crippen LogP contribution is 2.33. The van der Waals surface area contributed by atoms with E-state index >= 15 is 0 Å². The fourth-order valence-electron chi connectivity index (χ4n) is 2.01. The predicted molar refractivity (Wildman–Crippen MR) is 79.3 cm³/mol. The van der Waals surface area contributed by atoms with Crippen molar-refractivity contribution in [2.45, 2.75) is 26.2 Å². The largest absolute Gasteiger partial charge is 0.496 e. The minimum absolute atomic E-state index is 0.0917. The number of benzene rings is 1. The summed E-state index contributed by atoms with van der Waals surface area (Å²) in [6, 6.07) is 7.86. The van der Waals surface area contributed by atoms with Gasteiger partial charge in [-0.1, -0.05) is 44.2 Å². The van der Waals surface area contributed by atoms with Crippen molar-refractivity contribution in [3.8, 4) is 16.3 Å². The average molecular weight is 288 g/mol. The van der Waals surface area contributed by atoms with Crippen molar-refractivity contribution < 1.29 is 4.74 Å². The summed E-state index contributed by atoms with van der Waals surface area (Å²) in [4.78, 5) is 0.802. The third-order valence-electron chi connectivity index (χ3n) is 3.00. The van der Waals surface area contributed by atoms with Crippen molar-refractivity contribution in [2.75, 3.05) is 7.11 Å². The number of hydrogen-bond donors (Lipinski definition) is 0. The van der Waals surface area contributed by atoms with E-state index in [-0.39, 0.29) is 5.41 Å². The molecule has 5 nitrogen and oxygen atoms in total. The van der Waals surface area contributed by atoms with Gasteiger partial charge in [0.1, 0.15) is 5.75 Å². The van der Waals surface area contributed by atoms with Gasteiger partial charge in [0.2, 0.25) is 4.96 Å². The minimum atomic E-state index is -0.0917. The van der Waals surface area contributed by atoms with Crippen LogP contribution in [0.4, 0.5) is 0 Å². The third-order valence-corrected chi connectivity index (χ3v) is 3.93. The molecule has 0 N–H and O–H groups in total. The normalized spacial score (nSPS) is 12.0. The summed E-state index contributed by atoms with van der Waals surface area (Å²) in [5, 5.41) is 14.0. The summed E-state index contributed by atoms with van der Waals surface area (Å²) in [6.07, 6.45) is 0. The Balaban J connectivity index is 2.17. The van der Waals surface area contributed by atoms with Gasteiger partial charge < -0.3 is 4.74 Å². The van der Waals surface area contributed by atoms with Gasteiger partial charge >= 0.3 is 0 Å². The number of ether oxygens (including phenoxy) is 1. The van der Waals surface area contributed by atoms with Crippen LogP contribution < -0.4 is 4.74 Å². The number of para-hydroxylation sites is 1. The molecule has 20 heavy (non-hydrogen) atoms. The van der Waals surface area contributed by atoms with Gasteiger partial charge in [-0.25, -0.2) is 0 Å². The zero-order valence-corrected chi connectivity index (χ0v) is 12.7. The quantitative estimate of drug-likeness (QED) is 0.727. The first-order chi connectivity index (χ1) is 9.50. The van der Waals surface area contributed by atoms with Crippen LogP contribution in [0, 0.1) is 0 Å². The molecule has 2 aromatic heterocycles. The van der Waals surface area contributed by atoms with E-state index in [1.165, 1.54) is 11.3 Å². The second kappa shape index (κ2) is 4.56. The van der Waals surface area contributed by atoms with E-state index in [0.29, 0.717) is 0 Å². The second-order valence-corrected chi connectivity index (χ2v) is 6.53. The van der Waals surface area contributed by atoms with E-state index in [2.05, 4.69) is 36.1 Å². The summed E-state index contributed by atoms with van der Waals surface area (Å²) in [5.41, 5.74) is 0.885. The summed E-state index contributed by atoms with van der Waals surface area (Å²) in [6.45, 7) is 6.31. The van der Waals surface area contributed by atoms with Crippen LogP contribution in [0.15, 0.2) is 24.3 Å². The van der Waals surface area contributed by atoms with E-state index in [0.717, 1.165) is 27.1 Å². The topological polar surface area (TPSA) is 52.3 Å². The lowest BCUT2D eigenvalue weighted by atomic mass is 9.96. The van der Waals surface area contributed by atoms with E-state index in [9.17, 15) is 0 Å². The maximum absolute atomic E-state index is 5.39. The molecule has 0 amide bonds. The maximum atomic E-state index is 5.39. The molecule has 0 atom stereocenters. The monoisotopic (exact) mass is 288 g/mol. The van der Waals surface area contributed by atoms with E-state index in [1.807, 2.05) is 28.8 Å². The molecule has 0 aliphatic heterocycles. The highest BCUT2D eigenvalue weighted by atomic mass is 32.1. The van der Waals surface area contributed by atoms with Crippen LogP contribution in [0.5, 0.6) is 5.75 Å². The van der Waals surface area contributed by atoms with Crippen molar-refractivity contribution in [3.05, 3.63) is 30.1 Å². The van der Waals surface area contributed by atoms with Crippen LogP contribution in [0.2, 0.25) is 0 Å². The van der Waals surface area contributed by atoms with Crippen molar-refractivity contribution >= 4 is 16.3 Å². The molecule has 0 unspecified atom stereocenters. The molecule has 2 heterocycles. The molecule has 0 bridgehead atoms. The molecule has 0 aliphatic rings. The number of rotatable bonds is 2. The molecule has 0 radical (unpaired) electrons. The lowest BCUT2D eigenvalue weighted by Gasteiger charge is -2.13. The van der Waals surface area contributed by atoms with Crippen LogP contribution in [0.1, 0.15) is 26.6 Å². The van der Waals surface area contributed by atoms with Crippen LogP contribution in [0.3, 0.4) is 0 Å². The fraction of sp³-hybridized carbons (Fsp3) is 0.357. The van der Waals surface area contributed by atoms with Gasteiger partial charge in [-0.05, 0) is 12.1 Å². The summed E-state index contributed by atoms with van der Waals surface area (Å²) in [7, 11) is 1.67. The third kappa shape index (κ3) is 2.06. The van der Waals surface area contributed by atoms with Gasteiger partial charge in [-0.3, -0.25) is 0 Å². The molecule has 0 fully saturated rings. The molecule has 3 aromatic rings. The first-order valence-electron chi connectivity index (χ1n) is 6.37. The molecule has 1 aromatic carbocycles. The molecular formula is C14H16N4OS. The van der Waals surface area contributed by atoms with Gasteiger partial charge in [0.25, 0.3) is 0 Å². The first-order valence-corrected chi connectivity index (χ1v) is 7.18. The van der Waals surface area contributed by atoms with Crippen LogP contribution in [-0.2, 0) is 5.41 Å². The van der Waals surface area contributed by atoms with Gasteiger partial charge in [0, 0.05) is 5.41 Å². The van der Waals surface area contributed by atoms with Gasteiger partial charge in [0.05, 0.1) is 12.7 Å². The number of methoxy groups -OCH3 is 1. The van der Waals surface area contributed by atoms with Crippen molar-refractivity contribution in [1.29, 1.82) is 0 Å². The highest BCUT2D eigenvalue weighted by Gasteiger charge is 2.24. The Bertz CT molecular complexity index is 754.